The van der Waals surface area contributed by atoms with Crippen LogP contribution in [-0.4, -0.2) is 43.8 Å². The van der Waals surface area contributed by atoms with Gasteiger partial charge in [0.25, 0.3) is 0 Å². The van der Waals surface area contributed by atoms with Crippen molar-refractivity contribution in [3.05, 3.63) is 11.6 Å². The number of likely N-dealkylation sites (N-methyl/N-ethyl adjacent to an activating group) is 1. The second-order valence-corrected chi connectivity index (χ2v) is 6.46. The van der Waals surface area contributed by atoms with Gasteiger partial charge in [-0.05, 0) is 20.3 Å². The van der Waals surface area contributed by atoms with E-state index in [4.69, 9.17) is 0 Å². The third kappa shape index (κ3) is 3.34. The van der Waals surface area contributed by atoms with E-state index >= 15 is 0 Å². The van der Waals surface area contributed by atoms with Gasteiger partial charge in [-0.25, -0.2) is 8.42 Å². The third-order valence-electron chi connectivity index (χ3n) is 2.52. The van der Waals surface area contributed by atoms with E-state index in [1.807, 2.05) is 13.8 Å². The number of hydrogen-bond donors (Lipinski definition) is 0. The van der Waals surface area contributed by atoms with Crippen molar-refractivity contribution in [1.29, 1.82) is 0 Å². The molecule has 1 aliphatic heterocycles. The fourth-order valence-electron chi connectivity index (χ4n) is 1.61. The Bertz CT molecular complexity index is 379. The third-order valence-corrected chi connectivity index (χ3v) is 4.27. The summed E-state index contributed by atoms with van der Waals surface area (Å²) in [5.41, 5.74) is 0.924. The van der Waals surface area contributed by atoms with Crippen LogP contribution in [0.25, 0.3) is 0 Å². The molecule has 1 rings (SSSR count). The molecule has 0 radical (unpaired) electrons. The van der Waals surface area contributed by atoms with E-state index < -0.39 is 9.84 Å². The highest BCUT2D eigenvalue weighted by atomic mass is 32.2. The Morgan fingerprint density at radius 1 is 1.40 bits per heavy atom. The first kappa shape index (κ1) is 12.2. The Morgan fingerprint density at radius 3 is 2.40 bits per heavy atom. The van der Waals surface area contributed by atoms with Crippen molar-refractivity contribution in [2.75, 3.05) is 18.6 Å². The highest BCUT2D eigenvalue weighted by Crippen LogP contribution is 2.16. The van der Waals surface area contributed by atoms with Crippen molar-refractivity contribution in [3.8, 4) is 0 Å². The molecule has 5 heteroatoms. The molecule has 1 saturated heterocycles. The normalized spacial score (nSPS) is 23.5. The second-order valence-electron chi connectivity index (χ2n) is 4.23. The number of allylic oxidation sites excluding steroid dienone is 1. The molecule has 0 aliphatic carbocycles. The zero-order valence-corrected chi connectivity index (χ0v) is 10.2. The summed E-state index contributed by atoms with van der Waals surface area (Å²) in [5, 5.41) is 0. The van der Waals surface area contributed by atoms with Crippen molar-refractivity contribution >= 4 is 15.7 Å². The van der Waals surface area contributed by atoms with Crippen LogP contribution in [0, 0.1) is 0 Å². The first-order valence-corrected chi connectivity index (χ1v) is 6.76. The predicted octanol–water partition coefficient (Wildman–Crippen LogP) is 0.598. The zero-order valence-electron chi connectivity index (χ0n) is 9.36. The predicted molar refractivity (Wildman–Crippen MR) is 59.3 cm³/mol. The average molecular weight is 231 g/mol. The molecule has 0 aromatic heterocycles. The Hall–Kier alpha value is -0.840. The SMILES string of the molecule is CC(C)=CC(=O)N(C)C1CCS(=O)(=O)C1. The minimum Gasteiger partial charge on any atom is -0.338 e. The minimum absolute atomic E-state index is 0.103. The van der Waals surface area contributed by atoms with Crippen LogP contribution in [0.4, 0.5) is 0 Å². The molecule has 4 nitrogen and oxygen atoms in total. The summed E-state index contributed by atoms with van der Waals surface area (Å²) >= 11 is 0. The van der Waals surface area contributed by atoms with Crippen molar-refractivity contribution in [1.82, 2.24) is 4.90 Å². The zero-order chi connectivity index (χ0) is 11.6. The molecular formula is C10H17NO3S. The molecule has 0 aromatic carbocycles. The Morgan fingerprint density at radius 2 is 2.00 bits per heavy atom. The molecule has 1 amide bonds. The first-order chi connectivity index (χ1) is 6.82. The van der Waals surface area contributed by atoms with Gasteiger partial charge in [0, 0.05) is 19.2 Å². The van der Waals surface area contributed by atoms with Gasteiger partial charge in [0.1, 0.15) is 0 Å². The molecule has 0 saturated carbocycles. The molecule has 86 valence electrons. The molecule has 0 aromatic rings. The van der Waals surface area contributed by atoms with Crippen LogP contribution in [0.2, 0.25) is 0 Å². The molecule has 15 heavy (non-hydrogen) atoms. The summed E-state index contributed by atoms with van der Waals surface area (Å²) in [6, 6.07) is -0.155. The van der Waals surface area contributed by atoms with E-state index in [0.717, 1.165) is 5.57 Å². The molecule has 1 aliphatic rings. The fraction of sp³-hybridized carbons (Fsp3) is 0.700. The van der Waals surface area contributed by atoms with Gasteiger partial charge in [0.05, 0.1) is 11.5 Å². The molecule has 0 spiro atoms. The van der Waals surface area contributed by atoms with Crippen LogP contribution in [0.1, 0.15) is 20.3 Å². The summed E-state index contributed by atoms with van der Waals surface area (Å²) in [6.07, 6.45) is 2.09. The van der Waals surface area contributed by atoms with Crippen LogP contribution in [0.15, 0.2) is 11.6 Å². The largest absolute Gasteiger partial charge is 0.338 e. The standard InChI is InChI=1S/C10H17NO3S/c1-8(2)6-10(12)11(3)9-4-5-15(13,14)7-9/h6,9H,4-5,7H2,1-3H3. The van der Waals surface area contributed by atoms with E-state index in [-0.39, 0.29) is 23.5 Å². The van der Waals surface area contributed by atoms with Gasteiger partial charge in [-0.1, -0.05) is 5.57 Å². The lowest BCUT2D eigenvalue weighted by Gasteiger charge is -2.21. The van der Waals surface area contributed by atoms with Gasteiger partial charge in [-0.15, -0.1) is 0 Å². The molecular weight excluding hydrogens is 214 g/mol. The number of hydrogen-bond acceptors (Lipinski definition) is 3. The second kappa shape index (κ2) is 4.35. The summed E-state index contributed by atoms with van der Waals surface area (Å²) in [4.78, 5) is 13.1. The van der Waals surface area contributed by atoms with Gasteiger partial charge >= 0.3 is 0 Å². The maximum Gasteiger partial charge on any atom is 0.246 e. The van der Waals surface area contributed by atoms with Crippen LogP contribution < -0.4 is 0 Å². The van der Waals surface area contributed by atoms with Crippen LogP contribution in [0.3, 0.4) is 0 Å². The number of rotatable bonds is 2. The quantitative estimate of drug-likeness (QED) is 0.654. The lowest BCUT2D eigenvalue weighted by molar-refractivity contribution is -0.126. The smallest absolute Gasteiger partial charge is 0.246 e. The number of sulfone groups is 1. The fourth-order valence-corrected chi connectivity index (χ4v) is 3.38. The summed E-state index contributed by atoms with van der Waals surface area (Å²) in [6.45, 7) is 3.69. The van der Waals surface area contributed by atoms with Gasteiger partial charge in [-0.3, -0.25) is 4.79 Å². The average Bonchev–Trinajstić information content (AvgIpc) is 2.43. The van der Waals surface area contributed by atoms with E-state index in [1.54, 1.807) is 7.05 Å². The molecule has 0 bridgehead atoms. The van der Waals surface area contributed by atoms with E-state index in [9.17, 15) is 13.2 Å². The highest BCUT2D eigenvalue weighted by molar-refractivity contribution is 7.91. The number of nitrogens with zero attached hydrogens (tertiary/aromatic N) is 1. The van der Waals surface area contributed by atoms with Gasteiger partial charge in [-0.2, -0.15) is 0 Å². The van der Waals surface area contributed by atoms with Crippen molar-refractivity contribution in [2.45, 2.75) is 26.3 Å². The number of carbonyl (C=O) groups excluding carboxylic acids is 1. The van der Waals surface area contributed by atoms with E-state index in [1.165, 1.54) is 11.0 Å². The van der Waals surface area contributed by atoms with Crippen molar-refractivity contribution in [3.63, 3.8) is 0 Å². The van der Waals surface area contributed by atoms with Gasteiger partial charge in [0.15, 0.2) is 9.84 Å². The Kier molecular flexibility index (Phi) is 3.54. The van der Waals surface area contributed by atoms with Gasteiger partial charge in [0.2, 0.25) is 5.91 Å². The molecule has 0 N–H and O–H groups in total. The maximum absolute atomic E-state index is 11.6. The monoisotopic (exact) mass is 231 g/mol. The Balaban J connectivity index is 2.67. The van der Waals surface area contributed by atoms with Crippen molar-refractivity contribution < 1.29 is 13.2 Å². The first-order valence-electron chi connectivity index (χ1n) is 4.94. The minimum atomic E-state index is -2.92. The van der Waals surface area contributed by atoms with Crippen molar-refractivity contribution in [2.24, 2.45) is 0 Å². The topological polar surface area (TPSA) is 54.5 Å². The maximum atomic E-state index is 11.6. The van der Waals surface area contributed by atoms with Crippen LogP contribution >= 0.6 is 0 Å². The molecule has 1 atom stereocenters. The summed E-state index contributed by atoms with van der Waals surface area (Å²) < 4.78 is 22.5. The molecule has 1 fully saturated rings. The van der Waals surface area contributed by atoms with Crippen LogP contribution in [-0.2, 0) is 14.6 Å². The van der Waals surface area contributed by atoms with E-state index in [2.05, 4.69) is 0 Å². The Labute approximate surface area is 90.9 Å². The molecule has 1 unspecified atom stereocenters. The van der Waals surface area contributed by atoms with E-state index in [0.29, 0.717) is 6.42 Å². The lowest BCUT2D eigenvalue weighted by atomic mass is 10.2. The number of amides is 1. The van der Waals surface area contributed by atoms with Crippen LogP contribution in [0.5, 0.6) is 0 Å². The summed E-state index contributed by atoms with van der Waals surface area (Å²) in [5.74, 6) is 0.188. The highest BCUT2D eigenvalue weighted by Gasteiger charge is 2.31. The molecule has 1 heterocycles. The van der Waals surface area contributed by atoms with Gasteiger partial charge < -0.3 is 4.90 Å². The number of carbonyl (C=O) groups is 1. The lowest BCUT2D eigenvalue weighted by Crippen LogP contribution is -2.36. The summed E-state index contributed by atoms with van der Waals surface area (Å²) in [7, 11) is -1.26.